The third-order valence-electron chi connectivity index (χ3n) is 10.4. The molecule has 0 radical (unpaired) electrons. The van der Waals surface area contributed by atoms with Crippen LogP contribution in [0.3, 0.4) is 0 Å². The Morgan fingerprint density at radius 3 is 2.78 bits per heavy atom. The van der Waals surface area contributed by atoms with Crippen LogP contribution in [0.1, 0.15) is 64.7 Å². The lowest BCUT2D eigenvalue weighted by atomic mass is 9.46. The molecule has 6 heteroatoms. The van der Waals surface area contributed by atoms with Crippen molar-refractivity contribution in [2.24, 2.45) is 34.5 Å². The molecule has 0 saturated heterocycles. The number of ether oxygens (including phenoxy) is 3. The van der Waals surface area contributed by atoms with Crippen LogP contribution in [-0.4, -0.2) is 29.8 Å². The molecule has 1 aromatic carbocycles. The normalized spacial score (nSPS) is 37.1. The first-order chi connectivity index (χ1) is 17.4. The molecule has 0 bridgehead atoms. The molecule has 1 N–H and O–H groups in total. The molecule has 0 aromatic heterocycles. The molecule has 1 aliphatic heterocycles. The van der Waals surface area contributed by atoms with E-state index in [1.165, 1.54) is 5.57 Å². The van der Waals surface area contributed by atoms with E-state index in [0.717, 1.165) is 44.9 Å². The zero-order valence-corrected chi connectivity index (χ0v) is 20.8. The predicted octanol–water partition coefficient (Wildman–Crippen LogP) is 5.40. The van der Waals surface area contributed by atoms with Gasteiger partial charge >= 0.3 is 5.97 Å². The van der Waals surface area contributed by atoms with Crippen molar-refractivity contribution >= 4 is 11.8 Å². The van der Waals surface area contributed by atoms with Crippen LogP contribution >= 0.6 is 0 Å². The molecule has 190 valence electrons. The van der Waals surface area contributed by atoms with E-state index in [0.29, 0.717) is 53.8 Å². The Morgan fingerprint density at radius 1 is 1.17 bits per heavy atom. The van der Waals surface area contributed by atoms with E-state index < -0.39 is 17.5 Å². The van der Waals surface area contributed by atoms with Gasteiger partial charge in [-0.2, -0.15) is 0 Å². The summed E-state index contributed by atoms with van der Waals surface area (Å²) in [7, 11) is 0. The van der Waals surface area contributed by atoms with Crippen molar-refractivity contribution in [3.8, 4) is 29.6 Å². The smallest absolute Gasteiger partial charge is 0.346 e. The van der Waals surface area contributed by atoms with Crippen molar-refractivity contribution in [2.75, 3.05) is 6.79 Å². The number of allylic oxidation sites excluding steroid dienone is 1. The minimum Gasteiger partial charge on any atom is -0.478 e. The maximum absolute atomic E-state index is 12.8. The second-order valence-electron chi connectivity index (χ2n) is 11.4. The summed E-state index contributed by atoms with van der Waals surface area (Å²) in [6, 6.07) is 5.18. The molecule has 6 rings (SSSR count). The van der Waals surface area contributed by atoms with Crippen molar-refractivity contribution in [1.82, 2.24) is 0 Å². The second-order valence-corrected chi connectivity index (χ2v) is 11.4. The first-order valence-electron chi connectivity index (χ1n) is 13.4. The van der Waals surface area contributed by atoms with Crippen LogP contribution in [0.4, 0.5) is 0 Å². The van der Waals surface area contributed by atoms with Gasteiger partial charge in [0, 0.05) is 12.5 Å². The zero-order valence-electron chi connectivity index (χ0n) is 20.8. The summed E-state index contributed by atoms with van der Waals surface area (Å²) >= 11 is 0. The van der Waals surface area contributed by atoms with Gasteiger partial charge in [0.1, 0.15) is 5.75 Å². The molecule has 3 saturated carbocycles. The van der Waals surface area contributed by atoms with E-state index >= 15 is 0 Å². The SMILES string of the molecule is C#C[C@]1(C(Oc2ccc3c(c2)OCO3)C(=O)O)CCC2C3CCC4=CC(=O)CCC4C3CC[C@@]21CC. The van der Waals surface area contributed by atoms with Crippen molar-refractivity contribution in [2.45, 2.75) is 70.8 Å². The Morgan fingerprint density at radius 2 is 2.00 bits per heavy atom. The summed E-state index contributed by atoms with van der Waals surface area (Å²) < 4.78 is 17.1. The van der Waals surface area contributed by atoms with Crippen molar-refractivity contribution in [1.29, 1.82) is 0 Å². The van der Waals surface area contributed by atoms with Crippen molar-refractivity contribution in [3.63, 3.8) is 0 Å². The quantitative estimate of drug-likeness (QED) is 0.557. The molecule has 5 aliphatic rings. The van der Waals surface area contributed by atoms with E-state index in [1.54, 1.807) is 18.2 Å². The van der Waals surface area contributed by atoms with Crippen LogP contribution in [0, 0.1) is 46.8 Å². The Bertz CT molecular complexity index is 1160. The van der Waals surface area contributed by atoms with Gasteiger partial charge in [-0.3, -0.25) is 4.79 Å². The Hall–Kier alpha value is -2.94. The molecule has 4 aliphatic carbocycles. The van der Waals surface area contributed by atoms with Crippen molar-refractivity contribution in [3.05, 3.63) is 29.8 Å². The van der Waals surface area contributed by atoms with Gasteiger partial charge in [-0.15, -0.1) is 6.42 Å². The summed E-state index contributed by atoms with van der Waals surface area (Å²) in [5.74, 6) is 5.89. The Balaban J connectivity index is 1.34. The first-order valence-corrected chi connectivity index (χ1v) is 13.4. The van der Waals surface area contributed by atoms with Gasteiger partial charge in [-0.25, -0.2) is 4.79 Å². The largest absolute Gasteiger partial charge is 0.478 e. The number of carboxylic acids is 1. The molecule has 1 aromatic rings. The van der Waals surface area contributed by atoms with Gasteiger partial charge in [-0.05, 0) is 98.7 Å². The standard InChI is InChI=1S/C30H34O6/c1-3-29-13-11-22-21-9-6-19(31)15-18(21)5-8-23(22)24(29)12-14-30(29,4-2)27(28(32)33)36-20-7-10-25-26(16-20)35-17-34-25/h2,7,10,15-16,21-24,27H,3,5-6,8-9,11-14,17H2,1H3,(H,32,33)/t21?,22?,23?,24?,27?,29-,30+/m0/s1. The average Bonchev–Trinajstić information content (AvgIpc) is 3.49. The molecular weight excluding hydrogens is 456 g/mol. The van der Waals surface area contributed by atoms with Gasteiger partial charge in [0.15, 0.2) is 17.3 Å². The summed E-state index contributed by atoms with van der Waals surface area (Å²) in [6.45, 7) is 2.32. The van der Waals surface area contributed by atoms with E-state index in [4.69, 9.17) is 20.6 Å². The third kappa shape index (κ3) is 3.24. The van der Waals surface area contributed by atoms with Crippen LogP contribution < -0.4 is 14.2 Å². The van der Waals surface area contributed by atoms with Gasteiger partial charge in [0.05, 0.1) is 5.41 Å². The number of fused-ring (bicyclic) bond motifs is 6. The number of ketones is 1. The minimum absolute atomic E-state index is 0.144. The van der Waals surface area contributed by atoms with Crippen LogP contribution in [0.5, 0.6) is 17.2 Å². The highest BCUT2D eigenvalue weighted by atomic mass is 16.7. The van der Waals surface area contributed by atoms with E-state index in [9.17, 15) is 14.7 Å². The van der Waals surface area contributed by atoms with E-state index in [1.807, 2.05) is 6.08 Å². The Labute approximate surface area is 212 Å². The minimum atomic E-state index is -1.14. The Kier molecular flexibility index (Phi) is 5.59. The first kappa shape index (κ1) is 23.5. The fourth-order valence-corrected chi connectivity index (χ4v) is 8.96. The lowest BCUT2D eigenvalue weighted by molar-refractivity contribution is -0.159. The monoisotopic (exact) mass is 490 g/mol. The van der Waals surface area contributed by atoms with Crippen LogP contribution in [0.25, 0.3) is 0 Å². The summed E-state index contributed by atoms with van der Waals surface area (Å²) in [5.41, 5.74) is 0.180. The molecule has 7 atom stereocenters. The molecule has 0 amide bonds. The van der Waals surface area contributed by atoms with Crippen LogP contribution in [0.15, 0.2) is 29.8 Å². The topological polar surface area (TPSA) is 82.1 Å². The van der Waals surface area contributed by atoms with E-state index in [2.05, 4.69) is 12.8 Å². The number of rotatable bonds is 5. The summed E-state index contributed by atoms with van der Waals surface area (Å²) in [5, 5.41) is 10.5. The van der Waals surface area contributed by atoms with Crippen LogP contribution in [0.2, 0.25) is 0 Å². The number of carbonyl (C=O) groups is 2. The number of aliphatic carboxylic acids is 1. The highest BCUT2D eigenvalue weighted by molar-refractivity contribution is 5.91. The summed E-state index contributed by atoms with van der Waals surface area (Å²) in [4.78, 5) is 24.9. The predicted molar refractivity (Wildman–Crippen MR) is 133 cm³/mol. The lowest BCUT2D eigenvalue weighted by Crippen LogP contribution is -2.57. The van der Waals surface area contributed by atoms with Gasteiger partial charge in [-0.1, -0.05) is 18.4 Å². The molecule has 5 unspecified atom stereocenters. The highest BCUT2D eigenvalue weighted by Crippen LogP contribution is 2.70. The maximum Gasteiger partial charge on any atom is 0.346 e. The molecular formula is C30H34O6. The molecule has 6 nitrogen and oxygen atoms in total. The molecule has 0 spiro atoms. The molecule has 36 heavy (non-hydrogen) atoms. The fraction of sp³-hybridized carbons (Fsp3) is 0.600. The van der Waals surface area contributed by atoms with Gasteiger partial charge in [0.2, 0.25) is 12.9 Å². The van der Waals surface area contributed by atoms with Gasteiger partial charge < -0.3 is 19.3 Å². The highest BCUT2D eigenvalue weighted by Gasteiger charge is 2.68. The maximum atomic E-state index is 12.8. The number of hydrogen-bond donors (Lipinski definition) is 1. The fourth-order valence-electron chi connectivity index (χ4n) is 8.96. The van der Waals surface area contributed by atoms with Crippen molar-refractivity contribution < 1.29 is 28.9 Å². The summed E-state index contributed by atoms with van der Waals surface area (Å²) in [6.07, 6.45) is 15.1. The lowest BCUT2D eigenvalue weighted by Gasteiger charge is -2.57. The average molecular weight is 491 g/mol. The van der Waals surface area contributed by atoms with Crippen LogP contribution in [-0.2, 0) is 9.59 Å². The molecule has 3 fully saturated rings. The molecule has 1 heterocycles. The second kappa shape index (κ2) is 8.57. The number of benzene rings is 1. The zero-order chi connectivity index (χ0) is 25.1. The van der Waals surface area contributed by atoms with Gasteiger partial charge in [0.25, 0.3) is 0 Å². The van der Waals surface area contributed by atoms with E-state index in [-0.39, 0.29) is 18.0 Å². The number of hydrogen-bond acceptors (Lipinski definition) is 5. The third-order valence-corrected chi connectivity index (χ3v) is 10.4. The number of terminal acetylenes is 1. The number of carbonyl (C=O) groups excluding carboxylic acids is 1. The number of carboxylic acid groups (broad SMARTS) is 1.